The molecular weight excluding hydrogens is 466 g/mol. The monoisotopic (exact) mass is 515 g/mol. The van der Waals surface area contributed by atoms with Crippen LogP contribution in [0.2, 0.25) is 0 Å². The van der Waals surface area contributed by atoms with Crippen LogP contribution in [0.5, 0.6) is 5.75 Å². The highest BCUT2D eigenvalue weighted by molar-refractivity contribution is 5.99. The Bertz CT molecular complexity index is 1020. The van der Waals surface area contributed by atoms with Crippen LogP contribution >= 0.6 is 0 Å². The fourth-order valence-electron chi connectivity index (χ4n) is 3.33. The molecule has 1 aliphatic carbocycles. The number of ether oxygens (including phenoxy) is 1. The van der Waals surface area contributed by atoms with Crippen LogP contribution in [-0.2, 0) is 17.8 Å². The molecule has 0 spiro atoms. The molecule has 1 aliphatic rings. The Labute approximate surface area is 233 Å². The molecule has 3 rings (SSSR count). The number of hydrogen-bond donors (Lipinski definition) is 1. The highest BCUT2D eigenvalue weighted by Gasteiger charge is 2.44. The number of nitrogens with one attached hydrogen (secondary N) is 1. The molecule has 0 aliphatic heterocycles. The van der Waals surface area contributed by atoms with Gasteiger partial charge in [0, 0.05) is 18.4 Å². The Morgan fingerprint density at radius 1 is 1.00 bits per heavy atom. The summed E-state index contributed by atoms with van der Waals surface area (Å²) < 4.78 is 5.03. The van der Waals surface area contributed by atoms with Gasteiger partial charge in [0.2, 0.25) is 0 Å². The van der Waals surface area contributed by atoms with E-state index in [-0.39, 0.29) is 11.8 Å². The molecule has 3 nitrogen and oxygen atoms in total. The molecule has 1 saturated carbocycles. The number of aryl methyl sites for hydroxylation is 1. The van der Waals surface area contributed by atoms with Gasteiger partial charge in [-0.25, -0.2) is 0 Å². The molecule has 2 aromatic carbocycles. The van der Waals surface area contributed by atoms with Gasteiger partial charge >= 0.3 is 0 Å². The average Bonchev–Trinajstić information content (AvgIpc) is 3.51. The minimum atomic E-state index is 0.242. The van der Waals surface area contributed by atoms with Crippen molar-refractivity contribution in [1.29, 1.82) is 0 Å². The van der Waals surface area contributed by atoms with Gasteiger partial charge in [0.25, 0.3) is 0 Å². The maximum Gasteiger partial charge on any atom is 0.140 e. The number of carbonyl (C=O) groups is 1. The van der Waals surface area contributed by atoms with Crippen LogP contribution in [0.1, 0.15) is 65.5 Å². The second-order valence-corrected chi connectivity index (χ2v) is 9.34. The van der Waals surface area contributed by atoms with Crippen molar-refractivity contribution < 1.29 is 9.53 Å². The maximum absolute atomic E-state index is 11.3. The lowest BCUT2D eigenvalue weighted by atomic mass is 10.0. The van der Waals surface area contributed by atoms with E-state index in [1.807, 2.05) is 50.4 Å². The number of rotatable bonds is 8. The van der Waals surface area contributed by atoms with E-state index >= 15 is 0 Å². The number of allylic oxidation sites excluding steroid dienone is 6. The molecule has 0 aromatic heterocycles. The molecule has 3 heteroatoms. The van der Waals surface area contributed by atoms with Crippen LogP contribution in [-0.4, -0.2) is 19.9 Å². The molecule has 2 atom stereocenters. The third kappa shape index (κ3) is 15.7. The summed E-state index contributed by atoms with van der Waals surface area (Å²) in [5, 5.41) is 3.08. The molecule has 1 N–H and O–H groups in total. The fraction of sp³-hybridized carbons (Fsp3) is 0.400. The summed E-state index contributed by atoms with van der Waals surface area (Å²) in [4.78, 5) is 11.3. The summed E-state index contributed by atoms with van der Waals surface area (Å²) >= 11 is 0. The van der Waals surface area contributed by atoms with E-state index in [1.165, 1.54) is 28.7 Å². The number of Topliss-reactive ketones (excluding diaryl/α,β-unsaturated/α-hetero) is 1. The summed E-state index contributed by atoms with van der Waals surface area (Å²) in [5.41, 5.74) is 5.18. The SMILES string of the molecule is C#C/C=C\C=C/C(C[C@H]1C(=O)C1C)=C(C)C.CCC.CCc1ccccc1.CNCc1ccc(OC)cc1. The number of carbonyl (C=O) groups excluding carboxylic acids is 1. The minimum Gasteiger partial charge on any atom is -0.497 e. The highest BCUT2D eigenvalue weighted by atomic mass is 16.5. The zero-order chi connectivity index (χ0) is 28.8. The van der Waals surface area contributed by atoms with E-state index in [0.717, 1.165) is 25.1 Å². The summed E-state index contributed by atoms with van der Waals surface area (Å²) in [6.45, 7) is 13.5. The zero-order valence-corrected chi connectivity index (χ0v) is 24.9. The summed E-state index contributed by atoms with van der Waals surface area (Å²) in [6.07, 6.45) is 15.8. The first-order chi connectivity index (χ1) is 18.3. The predicted octanol–water partition coefficient (Wildman–Crippen LogP) is 8.37. The largest absolute Gasteiger partial charge is 0.497 e. The second-order valence-electron chi connectivity index (χ2n) is 9.34. The molecular formula is C35H49NO2. The fourth-order valence-corrected chi connectivity index (χ4v) is 3.33. The van der Waals surface area contributed by atoms with E-state index < -0.39 is 0 Å². The lowest BCUT2D eigenvalue weighted by Gasteiger charge is -2.02. The maximum atomic E-state index is 11.3. The molecule has 38 heavy (non-hydrogen) atoms. The number of hydrogen-bond acceptors (Lipinski definition) is 3. The quantitative estimate of drug-likeness (QED) is 0.283. The van der Waals surface area contributed by atoms with Gasteiger partial charge in [-0.2, -0.15) is 0 Å². The van der Waals surface area contributed by atoms with Gasteiger partial charge in [0.1, 0.15) is 11.5 Å². The number of terminal acetylenes is 1. The molecule has 1 unspecified atom stereocenters. The molecule has 206 valence electrons. The summed E-state index contributed by atoms with van der Waals surface area (Å²) in [5.74, 6) is 4.23. The molecule has 0 saturated heterocycles. The Kier molecular flexibility index (Phi) is 19.8. The van der Waals surface area contributed by atoms with Crippen molar-refractivity contribution in [3.63, 3.8) is 0 Å². The van der Waals surface area contributed by atoms with Gasteiger partial charge in [-0.3, -0.25) is 4.79 Å². The first kappa shape index (κ1) is 34.6. The Hall–Kier alpha value is -3.35. The lowest BCUT2D eigenvalue weighted by molar-refractivity contribution is -0.111. The number of benzene rings is 2. The Morgan fingerprint density at radius 2 is 1.58 bits per heavy atom. The topological polar surface area (TPSA) is 38.3 Å². The van der Waals surface area contributed by atoms with Crippen LogP contribution in [0.4, 0.5) is 0 Å². The molecule has 0 heterocycles. The van der Waals surface area contributed by atoms with Crippen molar-refractivity contribution in [3.05, 3.63) is 101 Å². The first-order valence-corrected chi connectivity index (χ1v) is 13.6. The van der Waals surface area contributed by atoms with Crippen LogP contribution in [0.25, 0.3) is 0 Å². The molecule has 2 aromatic rings. The molecule has 1 fully saturated rings. The third-order valence-corrected chi connectivity index (χ3v) is 5.78. The lowest BCUT2D eigenvalue weighted by Crippen LogP contribution is -2.04. The summed E-state index contributed by atoms with van der Waals surface area (Å²) in [6, 6.07) is 18.5. The van der Waals surface area contributed by atoms with Crippen LogP contribution in [0, 0.1) is 24.2 Å². The zero-order valence-electron chi connectivity index (χ0n) is 24.9. The second kappa shape index (κ2) is 21.7. The highest BCUT2D eigenvalue weighted by Crippen LogP contribution is 2.38. The van der Waals surface area contributed by atoms with E-state index in [2.05, 4.69) is 82.3 Å². The van der Waals surface area contributed by atoms with E-state index in [1.54, 1.807) is 13.2 Å². The standard InChI is InChI=1S/C15H18O.C9H13NO.C8H10.C3H8/c1-5-6-7-8-9-13(11(2)3)10-14-12(4)15(14)16;1-10-7-8-3-5-9(11-2)6-4-8;1-2-8-6-4-3-5-7-8;1-3-2/h1,6-9,12,14H,10H2,2-4H3;3-6,10H,7H2,1-2H3;3-7H,2H2,1H3;3H2,1-2H3/b7-6-,9-8-;;;/t12?,14-;;;/m1.../s1. The Morgan fingerprint density at radius 3 is 1.97 bits per heavy atom. The van der Waals surface area contributed by atoms with E-state index in [4.69, 9.17) is 11.2 Å². The van der Waals surface area contributed by atoms with Crippen molar-refractivity contribution in [2.45, 2.75) is 67.3 Å². The third-order valence-electron chi connectivity index (χ3n) is 5.78. The van der Waals surface area contributed by atoms with Crippen molar-refractivity contribution in [3.8, 4) is 18.1 Å². The summed E-state index contributed by atoms with van der Waals surface area (Å²) in [7, 11) is 3.61. The van der Waals surface area contributed by atoms with Gasteiger partial charge in [-0.15, -0.1) is 6.42 Å². The van der Waals surface area contributed by atoms with Crippen LogP contribution < -0.4 is 10.1 Å². The predicted molar refractivity (Wildman–Crippen MR) is 165 cm³/mol. The first-order valence-electron chi connectivity index (χ1n) is 13.6. The number of methoxy groups -OCH3 is 1. The van der Waals surface area contributed by atoms with Crippen molar-refractivity contribution >= 4 is 5.78 Å². The molecule has 0 amide bonds. The minimum absolute atomic E-state index is 0.242. The van der Waals surface area contributed by atoms with Crippen LogP contribution in [0.15, 0.2) is 90.0 Å². The van der Waals surface area contributed by atoms with Gasteiger partial charge < -0.3 is 10.1 Å². The number of ketones is 1. The van der Waals surface area contributed by atoms with Crippen LogP contribution in [0.3, 0.4) is 0 Å². The van der Waals surface area contributed by atoms with Crippen molar-refractivity contribution in [2.24, 2.45) is 11.8 Å². The van der Waals surface area contributed by atoms with Gasteiger partial charge in [-0.05, 0) is 68.6 Å². The van der Waals surface area contributed by atoms with E-state index in [0.29, 0.717) is 5.78 Å². The molecule has 0 radical (unpaired) electrons. The molecule has 0 bridgehead atoms. The van der Waals surface area contributed by atoms with Crippen molar-refractivity contribution in [2.75, 3.05) is 14.2 Å². The van der Waals surface area contributed by atoms with Gasteiger partial charge in [0.15, 0.2) is 0 Å². The smallest absolute Gasteiger partial charge is 0.140 e. The van der Waals surface area contributed by atoms with E-state index in [9.17, 15) is 4.79 Å². The van der Waals surface area contributed by atoms with Crippen molar-refractivity contribution in [1.82, 2.24) is 5.32 Å². The Balaban J connectivity index is 0.000000540. The average molecular weight is 516 g/mol. The normalized spacial score (nSPS) is 15.2. The van der Waals surface area contributed by atoms with Gasteiger partial charge in [0.05, 0.1) is 7.11 Å². The van der Waals surface area contributed by atoms with Gasteiger partial charge in [-0.1, -0.05) is 106 Å².